The summed E-state index contributed by atoms with van der Waals surface area (Å²) in [6.07, 6.45) is 0. The molecule has 0 radical (unpaired) electrons. The van der Waals surface area contributed by atoms with E-state index in [-0.39, 0.29) is 11.2 Å². The van der Waals surface area contributed by atoms with E-state index in [0.29, 0.717) is 0 Å². The molecule has 0 saturated carbocycles. The predicted octanol–water partition coefficient (Wildman–Crippen LogP) is 6.02. The number of halogens is 2. The highest BCUT2D eigenvalue weighted by Crippen LogP contribution is 2.33. The van der Waals surface area contributed by atoms with Crippen LogP contribution >= 0.6 is 0 Å². The van der Waals surface area contributed by atoms with E-state index in [4.69, 9.17) is 0 Å². The smallest absolute Gasteiger partial charge is 0.387 e. The van der Waals surface area contributed by atoms with Crippen LogP contribution in [0.25, 0.3) is 5.69 Å². The average molecular weight is 355 g/mol. The Labute approximate surface area is 153 Å². The van der Waals surface area contributed by atoms with E-state index in [1.165, 1.54) is 11.4 Å². The first-order valence-corrected chi connectivity index (χ1v) is 8.60. The molecule has 0 aliphatic heterocycles. The van der Waals surface area contributed by atoms with E-state index in [9.17, 15) is 8.78 Å². The van der Waals surface area contributed by atoms with Gasteiger partial charge in [0.2, 0.25) is 0 Å². The minimum atomic E-state index is -2.80. The number of hydrogen-bond donors (Lipinski definition) is 0. The first kappa shape index (κ1) is 18.2. The van der Waals surface area contributed by atoms with Crippen LogP contribution in [0.5, 0.6) is 5.75 Å². The van der Waals surface area contributed by atoms with Crippen molar-refractivity contribution in [3.63, 3.8) is 0 Å². The fourth-order valence-corrected chi connectivity index (χ4v) is 3.32. The number of ether oxygens (including phenoxy) is 1. The molecule has 0 atom stereocenters. The Kier molecular flexibility index (Phi) is 4.86. The minimum absolute atomic E-state index is 0.174. The Morgan fingerprint density at radius 3 is 1.69 bits per heavy atom. The molecular weight excluding hydrogens is 332 g/mol. The fourth-order valence-electron chi connectivity index (χ4n) is 3.32. The summed E-state index contributed by atoms with van der Waals surface area (Å²) in [6.45, 7) is 5.62. The summed E-state index contributed by atoms with van der Waals surface area (Å²) >= 11 is 0. The molecule has 26 heavy (non-hydrogen) atoms. The summed E-state index contributed by atoms with van der Waals surface area (Å²) in [5.74, 6) is 0.174. The minimum Gasteiger partial charge on any atom is -0.435 e. The molecule has 0 amide bonds. The molecule has 3 rings (SSSR count). The summed E-state index contributed by atoms with van der Waals surface area (Å²) in [7, 11) is 0. The van der Waals surface area contributed by atoms with Crippen molar-refractivity contribution in [3.8, 4) is 11.4 Å². The highest BCUT2D eigenvalue weighted by molar-refractivity contribution is 5.45. The predicted molar refractivity (Wildman–Crippen MR) is 100 cm³/mol. The van der Waals surface area contributed by atoms with E-state index >= 15 is 0 Å². The van der Waals surface area contributed by atoms with Gasteiger partial charge in [0, 0.05) is 22.5 Å². The molecule has 3 aromatic rings. The third-order valence-corrected chi connectivity index (χ3v) is 4.92. The lowest BCUT2D eigenvalue weighted by Gasteiger charge is -2.26. The lowest BCUT2D eigenvalue weighted by atomic mass is 9.78. The number of aryl methyl sites for hydroxylation is 2. The molecule has 1 heterocycles. The molecule has 0 saturated heterocycles. The van der Waals surface area contributed by atoms with Crippen LogP contribution in [0, 0.1) is 13.8 Å². The normalized spacial score (nSPS) is 11.8. The van der Waals surface area contributed by atoms with Gasteiger partial charge in [-0.1, -0.05) is 38.1 Å². The van der Waals surface area contributed by atoms with Crippen LogP contribution in [0.15, 0.2) is 60.7 Å². The van der Waals surface area contributed by atoms with Crippen molar-refractivity contribution >= 4 is 0 Å². The lowest BCUT2D eigenvalue weighted by Crippen LogP contribution is -2.19. The second kappa shape index (κ2) is 6.94. The van der Waals surface area contributed by atoms with Crippen LogP contribution in [0.2, 0.25) is 0 Å². The zero-order valence-electron chi connectivity index (χ0n) is 15.5. The lowest BCUT2D eigenvalue weighted by molar-refractivity contribution is -0.0498. The van der Waals surface area contributed by atoms with Crippen LogP contribution in [0.4, 0.5) is 8.78 Å². The number of nitrogens with zero attached hydrogens (tertiary/aromatic N) is 1. The zero-order chi connectivity index (χ0) is 18.9. The number of alkyl halides is 2. The molecule has 0 unspecified atom stereocenters. The molecule has 0 aliphatic carbocycles. The van der Waals surface area contributed by atoms with Gasteiger partial charge >= 0.3 is 6.61 Å². The van der Waals surface area contributed by atoms with Crippen LogP contribution in [0.3, 0.4) is 0 Å². The molecule has 2 aromatic carbocycles. The average Bonchev–Trinajstić information content (AvgIpc) is 2.93. The monoisotopic (exact) mass is 355 g/mol. The highest BCUT2D eigenvalue weighted by Gasteiger charge is 2.23. The van der Waals surface area contributed by atoms with E-state index in [2.05, 4.69) is 73.4 Å². The van der Waals surface area contributed by atoms with Crippen molar-refractivity contribution in [1.82, 2.24) is 4.57 Å². The summed E-state index contributed by atoms with van der Waals surface area (Å²) in [6, 6.07) is 19.5. The SMILES string of the molecule is Cc1ccc(C)n1-c1ccc(C(C)(C)c2ccc(OC(F)F)cc2)cc1. The van der Waals surface area contributed by atoms with Crippen LogP contribution in [-0.4, -0.2) is 11.2 Å². The molecule has 1 aromatic heterocycles. The largest absolute Gasteiger partial charge is 0.435 e. The Hall–Kier alpha value is -2.62. The van der Waals surface area contributed by atoms with Crippen LogP contribution in [0.1, 0.15) is 36.4 Å². The molecule has 0 fully saturated rings. The van der Waals surface area contributed by atoms with Gasteiger partial charge in [0.15, 0.2) is 0 Å². The number of hydrogen-bond acceptors (Lipinski definition) is 1. The highest BCUT2D eigenvalue weighted by atomic mass is 19.3. The molecule has 4 heteroatoms. The van der Waals surface area contributed by atoms with Crippen molar-refractivity contribution in [1.29, 1.82) is 0 Å². The van der Waals surface area contributed by atoms with Gasteiger partial charge in [0.25, 0.3) is 0 Å². The Bertz CT molecular complexity index is 858. The van der Waals surface area contributed by atoms with Crippen molar-refractivity contribution in [3.05, 3.63) is 83.2 Å². The maximum atomic E-state index is 12.3. The number of benzene rings is 2. The fraction of sp³-hybridized carbons (Fsp3) is 0.273. The molecule has 136 valence electrons. The Morgan fingerprint density at radius 2 is 1.23 bits per heavy atom. The third-order valence-electron chi connectivity index (χ3n) is 4.92. The van der Waals surface area contributed by atoms with Crippen molar-refractivity contribution in [2.75, 3.05) is 0 Å². The first-order valence-electron chi connectivity index (χ1n) is 8.60. The first-order chi connectivity index (χ1) is 12.3. The quantitative estimate of drug-likeness (QED) is 0.546. The summed E-state index contributed by atoms with van der Waals surface area (Å²) in [4.78, 5) is 0. The van der Waals surface area contributed by atoms with Gasteiger partial charge in [-0.3, -0.25) is 0 Å². The van der Waals surface area contributed by atoms with Gasteiger partial charge in [-0.15, -0.1) is 0 Å². The van der Waals surface area contributed by atoms with Gasteiger partial charge in [-0.25, -0.2) is 0 Å². The van der Waals surface area contributed by atoms with Crippen molar-refractivity contribution in [2.45, 2.75) is 39.7 Å². The van der Waals surface area contributed by atoms with E-state index in [1.807, 2.05) is 12.1 Å². The van der Waals surface area contributed by atoms with Gasteiger partial charge in [0.05, 0.1) is 0 Å². The topological polar surface area (TPSA) is 14.2 Å². The maximum absolute atomic E-state index is 12.3. The van der Waals surface area contributed by atoms with Gasteiger partial charge < -0.3 is 9.30 Å². The second-order valence-corrected chi connectivity index (χ2v) is 7.03. The molecule has 0 bridgehead atoms. The van der Waals surface area contributed by atoms with Crippen LogP contribution in [-0.2, 0) is 5.41 Å². The van der Waals surface area contributed by atoms with E-state index in [1.54, 1.807) is 12.1 Å². The van der Waals surface area contributed by atoms with E-state index in [0.717, 1.165) is 16.8 Å². The number of aromatic nitrogens is 1. The molecule has 0 aliphatic rings. The van der Waals surface area contributed by atoms with E-state index < -0.39 is 6.61 Å². The Morgan fingerprint density at radius 1 is 0.769 bits per heavy atom. The summed E-state index contributed by atoms with van der Waals surface area (Å²) in [5, 5.41) is 0. The number of rotatable bonds is 5. The van der Waals surface area contributed by atoms with Gasteiger partial charge in [-0.2, -0.15) is 8.78 Å². The Balaban J connectivity index is 1.87. The maximum Gasteiger partial charge on any atom is 0.387 e. The molecule has 0 spiro atoms. The molecule has 0 N–H and O–H groups in total. The molecular formula is C22H23F2NO. The van der Waals surface area contributed by atoms with Crippen molar-refractivity contribution < 1.29 is 13.5 Å². The van der Waals surface area contributed by atoms with Gasteiger partial charge in [0.1, 0.15) is 5.75 Å². The second-order valence-electron chi connectivity index (χ2n) is 7.03. The third kappa shape index (κ3) is 3.50. The van der Waals surface area contributed by atoms with Gasteiger partial charge in [-0.05, 0) is 61.4 Å². The standard InChI is InChI=1S/C22H23F2NO/c1-15-5-6-16(2)25(15)19-11-7-17(8-12-19)22(3,4)18-9-13-20(14-10-18)26-21(23)24/h5-14,21H,1-4H3. The molecule has 2 nitrogen and oxygen atoms in total. The summed E-state index contributed by atoms with van der Waals surface area (Å²) < 4.78 is 31.3. The van der Waals surface area contributed by atoms with Crippen LogP contribution < -0.4 is 4.74 Å². The zero-order valence-corrected chi connectivity index (χ0v) is 15.5. The summed E-state index contributed by atoms with van der Waals surface area (Å²) in [5.41, 5.74) is 5.48. The van der Waals surface area contributed by atoms with Crippen molar-refractivity contribution in [2.24, 2.45) is 0 Å².